The van der Waals surface area contributed by atoms with Crippen molar-refractivity contribution in [2.75, 3.05) is 13.1 Å². The molecule has 2 amide bonds. The monoisotopic (exact) mass is 370 g/mol. The van der Waals surface area contributed by atoms with Gasteiger partial charge in [0.05, 0.1) is 13.1 Å². The van der Waals surface area contributed by atoms with E-state index in [0.29, 0.717) is 0 Å². The summed E-state index contributed by atoms with van der Waals surface area (Å²) in [5, 5.41) is 22.4. The van der Waals surface area contributed by atoms with E-state index in [4.69, 9.17) is 9.47 Å². The number of aliphatic hydroxyl groups is 2. The van der Waals surface area contributed by atoms with Crippen LogP contribution in [0.4, 0.5) is 0 Å². The van der Waals surface area contributed by atoms with Crippen molar-refractivity contribution >= 4 is 11.8 Å². The zero-order valence-corrected chi connectivity index (χ0v) is 16.8. The second kappa shape index (κ2) is 4.79. The molecule has 0 aromatic heterocycles. The molecule has 0 radical (unpaired) electrons. The molecule has 3 aliphatic heterocycles. The highest BCUT2D eigenvalue weighted by Gasteiger charge is 2.79. The van der Waals surface area contributed by atoms with Crippen molar-refractivity contribution in [3.8, 4) is 0 Å². The number of rotatable bonds is 0. The van der Waals surface area contributed by atoms with Crippen molar-refractivity contribution < 1.29 is 29.3 Å². The minimum absolute atomic E-state index is 0.00692. The van der Waals surface area contributed by atoms with Crippen molar-refractivity contribution in [3.63, 3.8) is 0 Å². The van der Waals surface area contributed by atoms with Gasteiger partial charge in [0, 0.05) is 11.1 Å². The Hall–Kier alpha value is -1.22. The van der Waals surface area contributed by atoms with Gasteiger partial charge in [-0.1, -0.05) is 0 Å². The molecule has 0 unspecified atom stereocenters. The van der Waals surface area contributed by atoms with Crippen LogP contribution in [0.15, 0.2) is 0 Å². The van der Waals surface area contributed by atoms with Crippen molar-refractivity contribution in [2.45, 2.75) is 89.2 Å². The van der Waals surface area contributed by atoms with Crippen LogP contribution in [0.5, 0.6) is 0 Å². The fourth-order valence-electron chi connectivity index (χ4n) is 4.02. The Kier molecular flexibility index (Phi) is 3.60. The summed E-state index contributed by atoms with van der Waals surface area (Å²) >= 11 is 0. The molecule has 0 bridgehead atoms. The molecule has 4 atom stereocenters. The predicted octanol–water partition coefficient (Wildman–Crippen LogP) is 0.209. The summed E-state index contributed by atoms with van der Waals surface area (Å²) in [5.74, 6) is -5.82. The lowest BCUT2D eigenvalue weighted by atomic mass is 9.88. The number of amides is 2. The largest absolute Gasteiger partial charge is 0.356 e. The Morgan fingerprint density at radius 1 is 0.769 bits per heavy atom. The lowest BCUT2D eigenvalue weighted by Gasteiger charge is -2.52. The summed E-state index contributed by atoms with van der Waals surface area (Å²) in [5.41, 5.74) is -4.34. The molecule has 26 heavy (non-hydrogen) atoms. The number of carbonyl (C=O) groups is 2. The van der Waals surface area contributed by atoms with Crippen LogP contribution in [-0.2, 0) is 19.1 Å². The maximum Gasteiger partial charge on any atom is 0.286 e. The van der Waals surface area contributed by atoms with Gasteiger partial charge in [0.15, 0.2) is 11.2 Å². The van der Waals surface area contributed by atoms with Gasteiger partial charge in [-0.15, -0.1) is 0 Å². The highest BCUT2D eigenvalue weighted by atomic mass is 16.8. The van der Waals surface area contributed by atoms with Gasteiger partial charge in [-0.25, -0.2) is 0 Å². The van der Waals surface area contributed by atoms with E-state index >= 15 is 0 Å². The van der Waals surface area contributed by atoms with Crippen LogP contribution in [0.1, 0.15) is 55.4 Å². The first-order chi connectivity index (χ1) is 11.4. The summed E-state index contributed by atoms with van der Waals surface area (Å²) in [6.07, 6.45) is 0. The SMILES string of the molecule is CC(C)(C)N1C[C@]2(C)O[C@]3(O)C(=O)N(C(C)(C)C)C[C@]3(C)O[C@]2(O)C1=O. The lowest BCUT2D eigenvalue weighted by Crippen LogP contribution is -2.75. The van der Waals surface area contributed by atoms with Crippen molar-refractivity contribution in [1.29, 1.82) is 0 Å². The summed E-state index contributed by atoms with van der Waals surface area (Å²) in [6.45, 7) is 14.0. The molecule has 0 aromatic carbocycles. The predicted molar refractivity (Wildman–Crippen MR) is 91.8 cm³/mol. The van der Waals surface area contributed by atoms with E-state index in [-0.39, 0.29) is 13.1 Å². The second-order valence-corrected chi connectivity index (χ2v) is 10.1. The van der Waals surface area contributed by atoms with Crippen LogP contribution in [0.2, 0.25) is 0 Å². The molecule has 3 saturated heterocycles. The number of ether oxygens (including phenoxy) is 2. The minimum Gasteiger partial charge on any atom is -0.356 e. The van der Waals surface area contributed by atoms with Gasteiger partial charge in [0.1, 0.15) is 0 Å². The average Bonchev–Trinajstić information content (AvgIpc) is 2.75. The quantitative estimate of drug-likeness (QED) is 0.632. The van der Waals surface area contributed by atoms with E-state index < -0.39 is 45.7 Å². The van der Waals surface area contributed by atoms with Crippen LogP contribution in [0.3, 0.4) is 0 Å². The van der Waals surface area contributed by atoms with Crippen molar-refractivity contribution in [1.82, 2.24) is 9.80 Å². The molecule has 8 heteroatoms. The smallest absolute Gasteiger partial charge is 0.286 e. The number of likely N-dealkylation sites (tertiary alicyclic amines) is 2. The number of hydrogen-bond acceptors (Lipinski definition) is 6. The molecule has 3 aliphatic rings. The standard InChI is InChI=1S/C18H30N2O6/c1-13(2,3)19-9-15(7)17(23,11(19)21)26-16(8)10-20(14(4,5)6)12(22)18(16,24)25-15/h23-24H,9-10H2,1-8H3/t15-,16-,17+,18+/m0/s1. The molecule has 3 rings (SSSR count). The number of hydrogen-bond donors (Lipinski definition) is 2. The first kappa shape index (κ1) is 19.5. The number of fused-ring (bicyclic) bond motifs is 2. The highest BCUT2D eigenvalue weighted by molar-refractivity contribution is 5.92. The van der Waals surface area contributed by atoms with Crippen molar-refractivity contribution in [2.24, 2.45) is 0 Å². The molecule has 148 valence electrons. The van der Waals surface area contributed by atoms with E-state index in [1.807, 2.05) is 41.5 Å². The van der Waals surface area contributed by atoms with E-state index in [2.05, 4.69) is 0 Å². The summed E-state index contributed by atoms with van der Waals surface area (Å²) in [6, 6.07) is 0. The first-order valence-corrected chi connectivity index (χ1v) is 8.91. The third-order valence-corrected chi connectivity index (χ3v) is 5.79. The van der Waals surface area contributed by atoms with Gasteiger partial charge >= 0.3 is 0 Å². The Bertz CT molecular complexity index is 624. The van der Waals surface area contributed by atoms with Gasteiger partial charge in [-0.2, -0.15) is 0 Å². The molecular formula is C18H30N2O6. The normalized spacial score (nSPS) is 43.8. The Morgan fingerprint density at radius 3 is 1.27 bits per heavy atom. The Labute approximate surface area is 154 Å². The van der Waals surface area contributed by atoms with Gasteiger partial charge < -0.3 is 29.5 Å². The average molecular weight is 370 g/mol. The fourth-order valence-corrected chi connectivity index (χ4v) is 4.02. The van der Waals surface area contributed by atoms with Crippen LogP contribution >= 0.6 is 0 Å². The van der Waals surface area contributed by atoms with Crippen LogP contribution in [-0.4, -0.2) is 78.8 Å². The molecule has 0 spiro atoms. The van der Waals surface area contributed by atoms with Gasteiger partial charge in [0.2, 0.25) is 0 Å². The Balaban J connectivity index is 2.08. The molecule has 0 aliphatic carbocycles. The molecule has 8 nitrogen and oxygen atoms in total. The lowest BCUT2D eigenvalue weighted by molar-refractivity contribution is -0.435. The Morgan fingerprint density at radius 2 is 1.04 bits per heavy atom. The minimum atomic E-state index is -2.28. The molecule has 3 fully saturated rings. The zero-order chi connectivity index (χ0) is 20.1. The number of carbonyl (C=O) groups excluding carboxylic acids is 2. The second-order valence-electron chi connectivity index (χ2n) is 10.1. The third-order valence-electron chi connectivity index (χ3n) is 5.79. The van der Waals surface area contributed by atoms with E-state index in [1.165, 1.54) is 23.6 Å². The molecule has 0 aromatic rings. The van der Waals surface area contributed by atoms with Crippen LogP contribution < -0.4 is 0 Å². The third kappa shape index (κ3) is 2.16. The van der Waals surface area contributed by atoms with E-state index in [0.717, 1.165) is 0 Å². The molecule has 3 heterocycles. The van der Waals surface area contributed by atoms with Gasteiger partial charge in [-0.05, 0) is 55.4 Å². The topological polar surface area (TPSA) is 99.5 Å². The molecule has 2 N–H and O–H groups in total. The van der Waals surface area contributed by atoms with Crippen molar-refractivity contribution in [3.05, 3.63) is 0 Å². The maximum absolute atomic E-state index is 13.0. The van der Waals surface area contributed by atoms with E-state index in [9.17, 15) is 19.8 Å². The molecular weight excluding hydrogens is 340 g/mol. The van der Waals surface area contributed by atoms with Gasteiger partial charge in [-0.3, -0.25) is 9.59 Å². The van der Waals surface area contributed by atoms with Crippen LogP contribution in [0, 0.1) is 0 Å². The maximum atomic E-state index is 13.0. The van der Waals surface area contributed by atoms with Gasteiger partial charge in [0.25, 0.3) is 23.4 Å². The highest BCUT2D eigenvalue weighted by Crippen LogP contribution is 2.54. The molecule has 0 saturated carbocycles. The zero-order valence-electron chi connectivity index (χ0n) is 16.8. The summed E-state index contributed by atoms with van der Waals surface area (Å²) in [4.78, 5) is 28.9. The first-order valence-electron chi connectivity index (χ1n) is 8.91. The summed E-state index contributed by atoms with van der Waals surface area (Å²) < 4.78 is 11.8. The fraction of sp³-hybridized carbons (Fsp3) is 0.889. The summed E-state index contributed by atoms with van der Waals surface area (Å²) in [7, 11) is 0. The van der Waals surface area contributed by atoms with Crippen LogP contribution in [0.25, 0.3) is 0 Å². The number of nitrogens with zero attached hydrogens (tertiary/aromatic N) is 2. The van der Waals surface area contributed by atoms with E-state index in [1.54, 1.807) is 0 Å².